The Kier molecular flexibility index (Phi) is 4.79. The molecule has 0 bridgehead atoms. The summed E-state index contributed by atoms with van der Waals surface area (Å²) in [5.74, 6) is -0.916. The molecule has 2 aromatic rings. The van der Waals surface area contributed by atoms with Crippen molar-refractivity contribution in [1.82, 2.24) is 15.1 Å². The Balaban J connectivity index is 1.52. The number of benzene rings is 1. The number of nitrogens with zero attached hydrogens (tertiary/aromatic N) is 2. The summed E-state index contributed by atoms with van der Waals surface area (Å²) in [6.45, 7) is 1.33. The fourth-order valence-electron chi connectivity index (χ4n) is 2.94. The van der Waals surface area contributed by atoms with Gasteiger partial charge in [0.1, 0.15) is 12.2 Å². The Morgan fingerprint density at radius 1 is 1.25 bits per heavy atom. The lowest BCUT2D eigenvalue weighted by Gasteiger charge is -2.31. The lowest BCUT2D eigenvalue weighted by Crippen LogP contribution is -2.38. The van der Waals surface area contributed by atoms with Gasteiger partial charge in [0.15, 0.2) is 0 Å². The van der Waals surface area contributed by atoms with Crippen LogP contribution in [0, 0.1) is 0 Å². The number of amides is 1. The van der Waals surface area contributed by atoms with Crippen LogP contribution in [0.5, 0.6) is 0 Å². The number of carbonyl (C=O) groups excluding carboxylic acids is 1. The van der Waals surface area contributed by atoms with Crippen LogP contribution in [0.1, 0.15) is 40.4 Å². The molecule has 7 heteroatoms. The fraction of sp³-hybridized carbons (Fsp3) is 0.353. The van der Waals surface area contributed by atoms with E-state index in [0.717, 1.165) is 5.56 Å². The summed E-state index contributed by atoms with van der Waals surface area (Å²) in [7, 11) is 0. The number of carbonyl (C=O) groups is 2. The van der Waals surface area contributed by atoms with Gasteiger partial charge >= 0.3 is 12.1 Å². The SMILES string of the molecule is O=C(O)c1cn[nH]c1C1CCN(C(=O)OCc2ccccc2)CC1. The summed E-state index contributed by atoms with van der Waals surface area (Å²) in [4.78, 5) is 25.0. The maximum Gasteiger partial charge on any atom is 0.410 e. The van der Waals surface area contributed by atoms with Crippen LogP contribution in [-0.4, -0.2) is 45.4 Å². The molecule has 2 N–H and O–H groups in total. The first-order valence-electron chi connectivity index (χ1n) is 7.87. The van der Waals surface area contributed by atoms with Gasteiger partial charge in [0.25, 0.3) is 0 Å². The van der Waals surface area contributed by atoms with E-state index in [0.29, 0.717) is 31.6 Å². The Labute approximate surface area is 139 Å². The highest BCUT2D eigenvalue weighted by atomic mass is 16.6. The average Bonchev–Trinajstić information content (AvgIpc) is 3.11. The number of likely N-dealkylation sites (tertiary alicyclic amines) is 1. The highest BCUT2D eigenvalue weighted by Crippen LogP contribution is 2.29. The summed E-state index contributed by atoms with van der Waals surface area (Å²) in [5, 5.41) is 15.8. The van der Waals surface area contributed by atoms with Gasteiger partial charge < -0.3 is 14.7 Å². The second kappa shape index (κ2) is 7.16. The third kappa shape index (κ3) is 3.56. The monoisotopic (exact) mass is 329 g/mol. The summed E-state index contributed by atoms with van der Waals surface area (Å²) in [6, 6.07) is 9.53. The first-order chi connectivity index (χ1) is 11.6. The number of nitrogens with one attached hydrogen (secondary N) is 1. The highest BCUT2D eigenvalue weighted by Gasteiger charge is 2.28. The molecule has 1 aromatic heterocycles. The van der Waals surface area contributed by atoms with Crippen molar-refractivity contribution in [3.05, 3.63) is 53.3 Å². The Morgan fingerprint density at radius 2 is 1.96 bits per heavy atom. The number of piperidine rings is 1. The van der Waals surface area contributed by atoms with Crippen molar-refractivity contribution in [3.8, 4) is 0 Å². The minimum Gasteiger partial charge on any atom is -0.478 e. The van der Waals surface area contributed by atoms with Gasteiger partial charge in [0, 0.05) is 19.0 Å². The predicted molar refractivity (Wildman–Crippen MR) is 85.7 cm³/mol. The minimum atomic E-state index is -0.983. The quantitative estimate of drug-likeness (QED) is 0.899. The Hall–Kier alpha value is -2.83. The molecule has 1 aromatic carbocycles. The molecule has 0 atom stereocenters. The van der Waals surface area contributed by atoms with Crippen molar-refractivity contribution in [2.24, 2.45) is 0 Å². The van der Waals surface area contributed by atoms with Crippen molar-refractivity contribution in [1.29, 1.82) is 0 Å². The number of aromatic nitrogens is 2. The standard InChI is InChI=1S/C17H19N3O4/c21-16(22)14-10-18-19-15(14)13-6-8-20(9-7-13)17(23)24-11-12-4-2-1-3-5-12/h1-5,10,13H,6-9,11H2,(H,18,19)(H,21,22). The minimum absolute atomic E-state index is 0.0665. The van der Waals surface area contributed by atoms with Crippen LogP contribution in [0.15, 0.2) is 36.5 Å². The fourth-order valence-corrected chi connectivity index (χ4v) is 2.94. The number of carboxylic acid groups (broad SMARTS) is 1. The molecule has 1 aliphatic heterocycles. The molecule has 0 spiro atoms. The molecule has 7 nitrogen and oxygen atoms in total. The molecule has 1 fully saturated rings. The molecule has 2 heterocycles. The number of H-pyrrole nitrogens is 1. The van der Waals surface area contributed by atoms with E-state index in [1.165, 1.54) is 6.20 Å². The van der Waals surface area contributed by atoms with E-state index in [9.17, 15) is 9.59 Å². The maximum absolute atomic E-state index is 12.1. The molecule has 1 amide bonds. The van der Waals surface area contributed by atoms with Crippen LogP contribution in [-0.2, 0) is 11.3 Å². The molecule has 0 radical (unpaired) electrons. The molecule has 1 aliphatic rings. The number of aromatic amines is 1. The van der Waals surface area contributed by atoms with E-state index in [1.807, 2.05) is 30.3 Å². The number of rotatable bonds is 4. The molecule has 24 heavy (non-hydrogen) atoms. The predicted octanol–water partition coefficient (Wildman–Crippen LogP) is 2.62. The van der Waals surface area contributed by atoms with Crippen molar-refractivity contribution in [3.63, 3.8) is 0 Å². The van der Waals surface area contributed by atoms with Crippen LogP contribution >= 0.6 is 0 Å². The number of carboxylic acids is 1. The first kappa shape index (κ1) is 16.0. The second-order valence-corrected chi connectivity index (χ2v) is 5.80. The van der Waals surface area contributed by atoms with Crippen molar-refractivity contribution in [2.45, 2.75) is 25.4 Å². The van der Waals surface area contributed by atoms with Gasteiger partial charge in [0.05, 0.1) is 11.9 Å². The summed E-state index contributed by atoms with van der Waals surface area (Å²) < 4.78 is 5.33. The molecule has 0 unspecified atom stereocenters. The second-order valence-electron chi connectivity index (χ2n) is 5.80. The maximum atomic E-state index is 12.1. The van der Waals surface area contributed by atoms with E-state index >= 15 is 0 Å². The molecular weight excluding hydrogens is 310 g/mol. The molecule has 126 valence electrons. The third-order valence-corrected chi connectivity index (χ3v) is 4.27. The van der Waals surface area contributed by atoms with Gasteiger partial charge in [-0.3, -0.25) is 5.10 Å². The third-order valence-electron chi connectivity index (χ3n) is 4.27. The lowest BCUT2D eigenvalue weighted by atomic mass is 9.91. The van der Waals surface area contributed by atoms with Crippen LogP contribution in [0.2, 0.25) is 0 Å². The van der Waals surface area contributed by atoms with Crippen LogP contribution in [0.25, 0.3) is 0 Å². The van der Waals surface area contributed by atoms with Crippen LogP contribution in [0.3, 0.4) is 0 Å². The smallest absolute Gasteiger partial charge is 0.410 e. The number of hydrogen-bond donors (Lipinski definition) is 2. The lowest BCUT2D eigenvalue weighted by molar-refractivity contribution is 0.0691. The van der Waals surface area contributed by atoms with Gasteiger partial charge in [-0.25, -0.2) is 9.59 Å². The molecule has 0 aliphatic carbocycles. The average molecular weight is 329 g/mol. The normalized spacial score (nSPS) is 15.2. The van der Waals surface area contributed by atoms with Gasteiger partial charge in [-0.15, -0.1) is 0 Å². The molecular formula is C17H19N3O4. The van der Waals surface area contributed by atoms with Gasteiger partial charge in [-0.2, -0.15) is 5.10 Å². The number of aromatic carboxylic acids is 1. The van der Waals surface area contributed by atoms with Gasteiger partial charge in [0.2, 0.25) is 0 Å². The van der Waals surface area contributed by atoms with E-state index < -0.39 is 5.97 Å². The van der Waals surface area contributed by atoms with E-state index in [1.54, 1.807) is 4.90 Å². The first-order valence-corrected chi connectivity index (χ1v) is 7.87. The zero-order chi connectivity index (χ0) is 16.9. The largest absolute Gasteiger partial charge is 0.478 e. The van der Waals surface area contributed by atoms with Gasteiger partial charge in [-0.1, -0.05) is 30.3 Å². The van der Waals surface area contributed by atoms with E-state index in [-0.39, 0.29) is 24.2 Å². The zero-order valence-electron chi connectivity index (χ0n) is 13.1. The molecule has 0 saturated carbocycles. The highest BCUT2D eigenvalue weighted by molar-refractivity contribution is 5.88. The number of hydrogen-bond acceptors (Lipinski definition) is 4. The Bertz CT molecular complexity index is 706. The summed E-state index contributed by atoms with van der Waals surface area (Å²) in [5.41, 5.74) is 1.80. The van der Waals surface area contributed by atoms with Crippen molar-refractivity contribution in [2.75, 3.05) is 13.1 Å². The summed E-state index contributed by atoms with van der Waals surface area (Å²) in [6.07, 6.45) is 2.37. The topological polar surface area (TPSA) is 95.5 Å². The van der Waals surface area contributed by atoms with Crippen LogP contribution < -0.4 is 0 Å². The molecule has 1 saturated heterocycles. The van der Waals surface area contributed by atoms with Gasteiger partial charge in [-0.05, 0) is 18.4 Å². The van der Waals surface area contributed by atoms with Crippen molar-refractivity contribution < 1.29 is 19.4 Å². The summed E-state index contributed by atoms with van der Waals surface area (Å²) >= 11 is 0. The van der Waals surface area contributed by atoms with Crippen molar-refractivity contribution >= 4 is 12.1 Å². The number of ether oxygens (including phenoxy) is 1. The molecule has 3 rings (SSSR count). The zero-order valence-corrected chi connectivity index (χ0v) is 13.1. The van der Waals surface area contributed by atoms with E-state index in [2.05, 4.69) is 10.2 Å². The van der Waals surface area contributed by atoms with E-state index in [4.69, 9.17) is 9.84 Å². The Morgan fingerprint density at radius 3 is 2.62 bits per heavy atom. The van der Waals surface area contributed by atoms with Crippen LogP contribution in [0.4, 0.5) is 4.79 Å².